The first-order valence-corrected chi connectivity index (χ1v) is 12.1. The smallest absolute Gasteiger partial charge is 0.334 e. The average molecular weight is 453 g/mol. The molecule has 0 unspecified atom stereocenters. The van der Waals surface area contributed by atoms with Crippen LogP contribution in [0, 0.1) is 13.8 Å². The summed E-state index contributed by atoms with van der Waals surface area (Å²) < 4.78 is 31.9. The van der Waals surface area contributed by atoms with Crippen LogP contribution in [0.2, 0.25) is 0 Å². The number of fused-ring (bicyclic) bond motifs is 7. The van der Waals surface area contributed by atoms with E-state index in [1.54, 1.807) is 10.8 Å². The van der Waals surface area contributed by atoms with Crippen LogP contribution in [0.5, 0.6) is 0 Å². The third-order valence-corrected chi connectivity index (χ3v) is 8.00. The van der Waals surface area contributed by atoms with E-state index < -0.39 is 6.85 Å². The summed E-state index contributed by atoms with van der Waals surface area (Å²) in [5.74, 6) is 0.683. The van der Waals surface area contributed by atoms with E-state index in [1.807, 2.05) is 14.0 Å². The van der Waals surface area contributed by atoms with Gasteiger partial charge in [-0.15, -0.1) is 0 Å². The first-order valence-electron chi connectivity index (χ1n) is 13.6. The van der Waals surface area contributed by atoms with Crippen LogP contribution >= 0.6 is 0 Å². The van der Waals surface area contributed by atoms with Gasteiger partial charge < -0.3 is 4.42 Å². The van der Waals surface area contributed by atoms with Gasteiger partial charge in [-0.3, -0.25) is 0 Å². The summed E-state index contributed by atoms with van der Waals surface area (Å²) in [5.41, 5.74) is 6.81. The van der Waals surface area contributed by atoms with E-state index >= 15 is 0 Å². The number of hydrogen-bond donors (Lipinski definition) is 0. The van der Waals surface area contributed by atoms with Crippen LogP contribution in [0.15, 0.2) is 53.2 Å². The fourth-order valence-electron chi connectivity index (χ4n) is 6.00. The summed E-state index contributed by atoms with van der Waals surface area (Å²) >= 11 is 0. The molecule has 172 valence electrons. The Morgan fingerprint density at radius 3 is 2.41 bits per heavy atom. The molecule has 0 saturated heterocycles. The molecule has 3 nitrogen and oxygen atoms in total. The summed E-state index contributed by atoms with van der Waals surface area (Å²) in [6, 6.07) is 13.2. The maximum atomic E-state index is 7.77. The molecule has 0 atom stereocenters. The maximum Gasteiger partial charge on any atom is 0.334 e. The molecular weight excluding hydrogens is 416 g/mol. The predicted molar refractivity (Wildman–Crippen MR) is 140 cm³/mol. The number of aromatic nitrogens is 2. The maximum absolute atomic E-state index is 7.77. The summed E-state index contributed by atoms with van der Waals surface area (Å²) in [4.78, 5) is 4.61. The van der Waals surface area contributed by atoms with Gasteiger partial charge in [-0.1, -0.05) is 58.0 Å². The second-order valence-electron chi connectivity index (χ2n) is 11.3. The first kappa shape index (κ1) is 18.2. The monoisotopic (exact) mass is 452 g/mol. The lowest BCUT2D eigenvalue weighted by Crippen LogP contribution is -2.34. The van der Waals surface area contributed by atoms with Gasteiger partial charge in [0.2, 0.25) is 0 Å². The van der Waals surface area contributed by atoms with E-state index in [-0.39, 0.29) is 16.4 Å². The average Bonchev–Trinajstić information content (AvgIpc) is 3.20. The molecule has 3 heteroatoms. The zero-order chi connectivity index (χ0) is 26.5. The van der Waals surface area contributed by atoms with Crippen LogP contribution in [-0.2, 0) is 17.9 Å². The van der Waals surface area contributed by atoms with E-state index in [0.29, 0.717) is 5.82 Å². The lowest BCUT2D eigenvalue weighted by molar-refractivity contribution is -0.663. The number of rotatable bonds is 1. The van der Waals surface area contributed by atoms with Crippen molar-refractivity contribution in [2.45, 2.75) is 65.1 Å². The molecule has 6 rings (SSSR count). The summed E-state index contributed by atoms with van der Waals surface area (Å²) in [6.45, 7) is 9.25. The second-order valence-corrected chi connectivity index (χ2v) is 11.3. The van der Waals surface area contributed by atoms with Gasteiger partial charge in [0, 0.05) is 25.8 Å². The van der Waals surface area contributed by atoms with E-state index in [9.17, 15) is 0 Å². The Morgan fingerprint density at radius 1 is 0.941 bits per heavy atom. The second kappa shape index (κ2) is 6.91. The van der Waals surface area contributed by atoms with E-state index in [4.69, 9.17) is 8.53 Å². The van der Waals surface area contributed by atoms with Crippen LogP contribution in [0.3, 0.4) is 0 Å². The minimum Gasteiger partial charge on any atom is -0.454 e. The summed E-state index contributed by atoms with van der Waals surface area (Å²) in [7, 11) is 1.84. The molecule has 3 aromatic carbocycles. The van der Waals surface area contributed by atoms with Gasteiger partial charge in [0.1, 0.15) is 17.3 Å². The van der Waals surface area contributed by atoms with Gasteiger partial charge in [-0.05, 0) is 70.6 Å². The molecule has 0 aliphatic heterocycles. The Bertz CT molecular complexity index is 1740. The van der Waals surface area contributed by atoms with Crippen LogP contribution < -0.4 is 4.57 Å². The molecule has 0 spiro atoms. The molecule has 1 aliphatic carbocycles. The number of furan rings is 1. The van der Waals surface area contributed by atoms with Gasteiger partial charge in [-0.2, -0.15) is 0 Å². The fraction of sp³-hybridized carbons (Fsp3) is 0.355. The zero-order valence-electron chi connectivity index (χ0n) is 23.8. The van der Waals surface area contributed by atoms with Gasteiger partial charge in [0.25, 0.3) is 0 Å². The Labute approximate surface area is 205 Å². The number of nitrogens with zero attached hydrogens (tertiary/aromatic N) is 2. The molecule has 0 amide bonds. The zero-order valence-corrected chi connectivity index (χ0v) is 20.8. The molecule has 1 aliphatic rings. The summed E-state index contributed by atoms with van der Waals surface area (Å²) in [6.07, 6.45) is 5.39. The standard InChI is InChI=1S/C31H33N2O/c1-18-16-32-29(33(7)17-18)24-19(2)8-11-21-22-12-9-20-10-13-23-26(25(20)28(22)34-27(21)24)31(5,6)15-14-30(23,3)4/h8-13,16-17H,14-15H2,1-7H3/q+1/i1D3. The van der Waals surface area contributed by atoms with Crippen LogP contribution in [-0.4, -0.2) is 4.98 Å². The topological polar surface area (TPSA) is 29.9 Å². The van der Waals surface area contributed by atoms with Crippen molar-refractivity contribution < 1.29 is 13.1 Å². The molecular formula is C31H33N2O+. The molecule has 0 bridgehead atoms. The van der Waals surface area contributed by atoms with E-state index in [2.05, 4.69) is 69.1 Å². The molecule has 0 fully saturated rings. The van der Waals surface area contributed by atoms with Crippen molar-refractivity contribution in [1.29, 1.82) is 0 Å². The Hall–Kier alpha value is -3.20. The Balaban J connectivity index is 1.72. The Kier molecular flexibility index (Phi) is 3.69. The van der Waals surface area contributed by atoms with E-state index in [1.165, 1.54) is 28.1 Å². The largest absolute Gasteiger partial charge is 0.454 e. The highest BCUT2D eigenvalue weighted by Crippen LogP contribution is 2.50. The van der Waals surface area contributed by atoms with Crippen molar-refractivity contribution in [3.05, 3.63) is 71.0 Å². The third-order valence-electron chi connectivity index (χ3n) is 8.00. The number of benzene rings is 3. The van der Waals surface area contributed by atoms with Gasteiger partial charge >= 0.3 is 5.82 Å². The highest BCUT2D eigenvalue weighted by Gasteiger charge is 2.39. The minimum atomic E-state index is -2.21. The fourth-order valence-corrected chi connectivity index (χ4v) is 6.00. The van der Waals surface area contributed by atoms with Crippen molar-refractivity contribution in [2.24, 2.45) is 7.05 Å². The van der Waals surface area contributed by atoms with Crippen LogP contribution in [0.4, 0.5) is 0 Å². The van der Waals surface area contributed by atoms with Crippen LogP contribution in [0.1, 0.15) is 66.9 Å². The lowest BCUT2D eigenvalue weighted by atomic mass is 9.62. The molecule has 2 heterocycles. The third kappa shape index (κ3) is 2.89. The first-order chi connectivity index (χ1) is 17.3. The number of hydrogen-bond acceptors (Lipinski definition) is 2. The van der Waals surface area contributed by atoms with Crippen molar-refractivity contribution in [2.75, 3.05) is 0 Å². The van der Waals surface area contributed by atoms with Crippen molar-refractivity contribution in [3.8, 4) is 11.4 Å². The van der Waals surface area contributed by atoms with Gasteiger partial charge in [0.15, 0.2) is 5.58 Å². The molecule has 2 aromatic heterocycles. The highest BCUT2D eigenvalue weighted by molar-refractivity contribution is 6.18. The molecule has 34 heavy (non-hydrogen) atoms. The lowest BCUT2D eigenvalue weighted by Gasteiger charge is -2.42. The predicted octanol–water partition coefficient (Wildman–Crippen LogP) is 7.59. The van der Waals surface area contributed by atoms with Gasteiger partial charge in [0.05, 0.1) is 13.2 Å². The molecule has 5 aromatic rings. The molecule has 0 saturated carbocycles. The summed E-state index contributed by atoms with van der Waals surface area (Å²) in [5, 5.41) is 4.55. The Morgan fingerprint density at radius 2 is 1.65 bits per heavy atom. The number of aryl methyl sites for hydroxylation is 3. The van der Waals surface area contributed by atoms with Crippen LogP contribution in [0.25, 0.3) is 44.1 Å². The van der Waals surface area contributed by atoms with Crippen molar-refractivity contribution in [3.63, 3.8) is 0 Å². The minimum absolute atomic E-state index is 0.0372. The molecule has 0 N–H and O–H groups in total. The molecule has 0 radical (unpaired) electrons. The van der Waals surface area contributed by atoms with E-state index in [0.717, 1.165) is 45.9 Å². The van der Waals surface area contributed by atoms with Gasteiger partial charge in [-0.25, -0.2) is 4.57 Å². The normalized spacial score (nSPS) is 18.6. The highest BCUT2D eigenvalue weighted by atomic mass is 16.3. The quantitative estimate of drug-likeness (QED) is 0.245. The van der Waals surface area contributed by atoms with Crippen molar-refractivity contribution >= 4 is 32.7 Å². The van der Waals surface area contributed by atoms with Crippen molar-refractivity contribution in [1.82, 2.24) is 4.98 Å². The SMILES string of the molecule is [2H]C([2H])([2H])c1cnc(-c2c(C)ccc3c2oc2c3ccc3ccc4c(c32)C(C)(C)CCC4(C)C)[n+](C)c1.